The quantitative estimate of drug-likeness (QED) is 0.520. The van der Waals surface area contributed by atoms with Crippen LogP contribution in [0.5, 0.6) is 0 Å². The van der Waals surface area contributed by atoms with E-state index in [9.17, 15) is 20.4 Å². The lowest BCUT2D eigenvalue weighted by atomic mass is 9.90. The predicted molar refractivity (Wildman–Crippen MR) is 56.2 cm³/mol. The van der Waals surface area contributed by atoms with Crippen LogP contribution < -0.4 is 0 Å². The second kappa shape index (κ2) is 5.63. The molecule has 0 radical (unpaired) electrons. The molecule has 80 valence electrons. The summed E-state index contributed by atoms with van der Waals surface area (Å²) in [5, 5.41) is 37.9. The molecule has 0 aromatic heterocycles. The third-order valence-electron chi connectivity index (χ3n) is 1.94. The minimum absolute atomic E-state index is 0.131. The van der Waals surface area contributed by atoms with Crippen molar-refractivity contribution in [3.05, 3.63) is 0 Å². The lowest BCUT2D eigenvalue weighted by Crippen LogP contribution is -2.55. The van der Waals surface area contributed by atoms with E-state index >= 15 is 0 Å². The third-order valence-corrected chi connectivity index (χ3v) is 3.22. The van der Waals surface area contributed by atoms with E-state index in [0.717, 1.165) is 0 Å². The Bertz CT molecular complexity index is 153. The Hall–Kier alpha value is 0.800. The summed E-state index contributed by atoms with van der Waals surface area (Å²) in [7, 11) is 0. The zero-order valence-electron chi connectivity index (χ0n) is 7.19. The Morgan fingerprint density at radius 3 is 1.92 bits per heavy atom. The molecule has 0 unspecified atom stereocenters. The summed E-state index contributed by atoms with van der Waals surface area (Å²) in [6.45, 7) is 1.27. The van der Waals surface area contributed by atoms with Crippen molar-refractivity contribution in [2.75, 3.05) is 10.7 Å². The summed E-state index contributed by atoms with van der Waals surface area (Å²) >= 11 is 5.94. The van der Waals surface area contributed by atoms with E-state index in [4.69, 9.17) is 0 Å². The van der Waals surface area contributed by atoms with Crippen LogP contribution >= 0.6 is 31.9 Å². The number of hydrogen-bond donors (Lipinski definition) is 4. The van der Waals surface area contributed by atoms with Crippen LogP contribution in [-0.2, 0) is 0 Å². The van der Waals surface area contributed by atoms with Gasteiger partial charge in [-0.2, -0.15) is 0 Å². The maximum atomic E-state index is 9.64. The van der Waals surface area contributed by atoms with Gasteiger partial charge in [-0.25, -0.2) is 0 Å². The molecule has 0 aromatic carbocycles. The maximum Gasteiger partial charge on any atom is 0.117 e. The van der Waals surface area contributed by atoms with Gasteiger partial charge >= 0.3 is 0 Å². The van der Waals surface area contributed by atoms with Crippen molar-refractivity contribution >= 4 is 31.9 Å². The van der Waals surface area contributed by atoms with Gasteiger partial charge in [0, 0.05) is 10.7 Å². The lowest BCUT2D eigenvalue weighted by molar-refractivity contribution is -0.156. The molecule has 0 spiro atoms. The van der Waals surface area contributed by atoms with Gasteiger partial charge in [-0.3, -0.25) is 0 Å². The van der Waals surface area contributed by atoms with Crippen molar-refractivity contribution in [1.82, 2.24) is 0 Å². The number of aliphatic hydroxyl groups is 4. The van der Waals surface area contributed by atoms with Crippen molar-refractivity contribution in [3.63, 3.8) is 0 Å². The zero-order valence-corrected chi connectivity index (χ0v) is 10.4. The molecule has 13 heavy (non-hydrogen) atoms. The molecule has 0 bridgehead atoms. The highest BCUT2D eigenvalue weighted by Gasteiger charge is 2.40. The Balaban J connectivity index is 4.42. The highest BCUT2D eigenvalue weighted by atomic mass is 79.9. The van der Waals surface area contributed by atoms with E-state index in [0.29, 0.717) is 0 Å². The lowest BCUT2D eigenvalue weighted by Gasteiger charge is -2.34. The molecule has 4 atom stereocenters. The van der Waals surface area contributed by atoms with Gasteiger partial charge in [0.2, 0.25) is 0 Å². The van der Waals surface area contributed by atoms with Gasteiger partial charge < -0.3 is 20.4 Å². The minimum Gasteiger partial charge on any atom is -0.389 e. The van der Waals surface area contributed by atoms with Crippen molar-refractivity contribution in [1.29, 1.82) is 0 Å². The summed E-state index contributed by atoms with van der Waals surface area (Å²) in [4.78, 5) is 0. The van der Waals surface area contributed by atoms with Crippen LogP contribution in [-0.4, -0.2) is 55.0 Å². The normalized spacial score (nSPS) is 23.3. The Labute approximate surface area is 93.8 Å². The zero-order chi connectivity index (χ0) is 10.6. The van der Waals surface area contributed by atoms with Gasteiger partial charge in [0.25, 0.3) is 0 Å². The molecule has 0 rings (SSSR count). The molecule has 0 aliphatic carbocycles. The number of rotatable bonds is 5. The molecule has 0 amide bonds. The van der Waals surface area contributed by atoms with E-state index in [1.54, 1.807) is 0 Å². The first kappa shape index (κ1) is 13.8. The van der Waals surface area contributed by atoms with Crippen molar-refractivity contribution in [3.8, 4) is 0 Å². The highest BCUT2D eigenvalue weighted by molar-refractivity contribution is 9.09. The first-order valence-corrected chi connectivity index (χ1v) is 6.00. The molecule has 0 saturated carbocycles. The monoisotopic (exact) mass is 320 g/mol. The standard InChI is InChI=1S/C7H14Br2O4/c1-7(13,5(11)3-9)6(12)4(10)2-8/h4-6,10-13H,2-3H2,1H3/t4-,5+,6+,7-/m1/s1. The molecule has 0 fully saturated rings. The third kappa shape index (κ3) is 3.45. The van der Waals surface area contributed by atoms with Gasteiger partial charge in [-0.05, 0) is 6.92 Å². The first-order chi connectivity index (χ1) is 5.87. The van der Waals surface area contributed by atoms with Crippen molar-refractivity contribution < 1.29 is 20.4 Å². The van der Waals surface area contributed by atoms with E-state index in [-0.39, 0.29) is 10.7 Å². The SMILES string of the molecule is C[C@@](O)([C@@H](O)CBr)[C@@H](O)[C@H](O)CBr. The highest BCUT2D eigenvalue weighted by Crippen LogP contribution is 2.20. The fraction of sp³-hybridized carbons (Fsp3) is 1.00. The molecule has 0 aliphatic rings. The second-order valence-corrected chi connectivity index (χ2v) is 4.36. The van der Waals surface area contributed by atoms with Gasteiger partial charge in [0.15, 0.2) is 0 Å². The molecule has 0 aromatic rings. The van der Waals surface area contributed by atoms with Crippen LogP contribution in [0.1, 0.15) is 6.92 Å². The van der Waals surface area contributed by atoms with Gasteiger partial charge in [0.1, 0.15) is 11.7 Å². The van der Waals surface area contributed by atoms with Crippen LogP contribution in [0, 0.1) is 0 Å². The fourth-order valence-corrected chi connectivity index (χ4v) is 1.84. The van der Waals surface area contributed by atoms with E-state index in [2.05, 4.69) is 31.9 Å². The van der Waals surface area contributed by atoms with Crippen LogP contribution in [0.3, 0.4) is 0 Å². The summed E-state index contributed by atoms with van der Waals surface area (Å²) in [6.07, 6.45) is -3.63. The van der Waals surface area contributed by atoms with Gasteiger partial charge in [0.05, 0.1) is 12.2 Å². The summed E-state index contributed by atoms with van der Waals surface area (Å²) in [5.41, 5.74) is -1.73. The summed E-state index contributed by atoms with van der Waals surface area (Å²) in [5.74, 6) is 0. The minimum atomic E-state index is -1.73. The van der Waals surface area contributed by atoms with Crippen LogP contribution in [0.4, 0.5) is 0 Å². The van der Waals surface area contributed by atoms with Crippen LogP contribution in [0.25, 0.3) is 0 Å². The van der Waals surface area contributed by atoms with Crippen molar-refractivity contribution in [2.45, 2.75) is 30.8 Å². The average molecular weight is 322 g/mol. The van der Waals surface area contributed by atoms with Crippen LogP contribution in [0.15, 0.2) is 0 Å². The summed E-state index contributed by atoms with van der Waals surface area (Å²) in [6, 6.07) is 0. The summed E-state index contributed by atoms with van der Waals surface area (Å²) < 4.78 is 0. The van der Waals surface area contributed by atoms with E-state index in [1.165, 1.54) is 6.92 Å². The molecule has 0 aliphatic heterocycles. The topological polar surface area (TPSA) is 80.9 Å². The largest absolute Gasteiger partial charge is 0.389 e. The van der Waals surface area contributed by atoms with E-state index in [1.807, 2.05) is 0 Å². The second-order valence-electron chi connectivity index (χ2n) is 3.06. The van der Waals surface area contributed by atoms with Crippen molar-refractivity contribution in [2.24, 2.45) is 0 Å². The molecule has 0 heterocycles. The number of hydrogen-bond acceptors (Lipinski definition) is 4. The molecule has 4 N–H and O–H groups in total. The number of alkyl halides is 2. The Morgan fingerprint density at radius 1 is 1.15 bits per heavy atom. The molecular weight excluding hydrogens is 308 g/mol. The smallest absolute Gasteiger partial charge is 0.117 e. The Morgan fingerprint density at radius 2 is 1.62 bits per heavy atom. The molecule has 0 saturated heterocycles. The predicted octanol–water partition coefficient (Wildman–Crippen LogP) is -0.390. The molecule has 6 heteroatoms. The van der Waals surface area contributed by atoms with Gasteiger partial charge in [-0.15, -0.1) is 0 Å². The maximum absolute atomic E-state index is 9.64. The number of halogens is 2. The van der Waals surface area contributed by atoms with Crippen LogP contribution in [0.2, 0.25) is 0 Å². The molecular formula is C7H14Br2O4. The average Bonchev–Trinajstić information content (AvgIpc) is 2.13. The molecule has 4 nitrogen and oxygen atoms in total. The Kier molecular flexibility index (Phi) is 5.97. The fourth-order valence-electron chi connectivity index (χ4n) is 0.827. The van der Waals surface area contributed by atoms with Gasteiger partial charge in [-0.1, -0.05) is 31.9 Å². The first-order valence-electron chi connectivity index (χ1n) is 3.76. The van der Waals surface area contributed by atoms with E-state index < -0.39 is 23.9 Å². The number of aliphatic hydroxyl groups excluding tert-OH is 3.